The Labute approximate surface area is 160 Å². The second-order valence-electron chi connectivity index (χ2n) is 6.66. The molecule has 6 nitrogen and oxygen atoms in total. The van der Waals surface area contributed by atoms with Crippen LogP contribution in [0.3, 0.4) is 0 Å². The van der Waals surface area contributed by atoms with Crippen LogP contribution in [0.4, 0.5) is 10.6 Å². The predicted octanol–water partition coefficient (Wildman–Crippen LogP) is 2.98. The Morgan fingerprint density at radius 3 is 2.59 bits per heavy atom. The number of carbonyl (C=O) groups is 1. The summed E-state index contributed by atoms with van der Waals surface area (Å²) < 4.78 is 0. The number of benzene rings is 1. The van der Waals surface area contributed by atoms with E-state index in [0.29, 0.717) is 50.0 Å². The van der Waals surface area contributed by atoms with E-state index in [2.05, 4.69) is 40.3 Å². The second kappa shape index (κ2) is 9.04. The van der Waals surface area contributed by atoms with Gasteiger partial charge in [0, 0.05) is 44.8 Å². The summed E-state index contributed by atoms with van der Waals surface area (Å²) >= 11 is 0. The van der Waals surface area contributed by atoms with Crippen LogP contribution in [0.15, 0.2) is 48.7 Å². The van der Waals surface area contributed by atoms with Crippen molar-refractivity contribution in [3.8, 4) is 6.07 Å². The van der Waals surface area contributed by atoms with Crippen LogP contribution < -0.4 is 10.2 Å². The highest BCUT2D eigenvalue weighted by Gasteiger charge is 2.23. The van der Waals surface area contributed by atoms with Crippen molar-refractivity contribution in [3.05, 3.63) is 59.8 Å². The van der Waals surface area contributed by atoms with Crippen molar-refractivity contribution in [1.82, 2.24) is 15.2 Å². The number of piperazine rings is 1. The lowest BCUT2D eigenvalue weighted by Gasteiger charge is -2.35. The van der Waals surface area contributed by atoms with E-state index in [4.69, 9.17) is 0 Å². The number of pyridine rings is 1. The molecule has 1 aliphatic heterocycles. The van der Waals surface area contributed by atoms with Crippen molar-refractivity contribution >= 4 is 11.8 Å². The van der Waals surface area contributed by atoms with Crippen LogP contribution in [0.2, 0.25) is 0 Å². The highest BCUT2D eigenvalue weighted by atomic mass is 16.2. The Balaban J connectivity index is 1.52. The zero-order chi connectivity index (χ0) is 19.1. The zero-order valence-corrected chi connectivity index (χ0v) is 15.6. The topological polar surface area (TPSA) is 72.3 Å². The van der Waals surface area contributed by atoms with Gasteiger partial charge in [-0.05, 0) is 24.1 Å². The van der Waals surface area contributed by atoms with E-state index in [1.807, 2.05) is 23.1 Å². The van der Waals surface area contributed by atoms with Gasteiger partial charge < -0.3 is 15.1 Å². The molecule has 140 valence electrons. The van der Waals surface area contributed by atoms with Crippen molar-refractivity contribution in [2.75, 3.05) is 37.6 Å². The average molecular weight is 363 g/mol. The molecule has 1 fully saturated rings. The molecular formula is C21H25N5O. The number of aromatic nitrogens is 1. The van der Waals surface area contributed by atoms with Gasteiger partial charge >= 0.3 is 6.03 Å². The van der Waals surface area contributed by atoms with Crippen LogP contribution in [-0.2, 0) is 0 Å². The predicted molar refractivity (Wildman–Crippen MR) is 106 cm³/mol. The number of hydrogen-bond acceptors (Lipinski definition) is 4. The number of nitrogens with one attached hydrogen (secondary N) is 1. The van der Waals surface area contributed by atoms with Crippen molar-refractivity contribution in [1.29, 1.82) is 5.26 Å². The van der Waals surface area contributed by atoms with E-state index in [1.54, 1.807) is 18.3 Å². The summed E-state index contributed by atoms with van der Waals surface area (Å²) in [5.74, 6) is 1.03. The largest absolute Gasteiger partial charge is 0.352 e. The summed E-state index contributed by atoms with van der Waals surface area (Å²) in [6.07, 6.45) is 2.68. The Morgan fingerprint density at radius 2 is 1.93 bits per heavy atom. The third-order valence-corrected chi connectivity index (χ3v) is 5.04. The molecule has 0 bridgehead atoms. The Kier molecular flexibility index (Phi) is 6.26. The zero-order valence-electron chi connectivity index (χ0n) is 15.6. The summed E-state index contributed by atoms with van der Waals surface area (Å²) in [6, 6.07) is 16.0. The molecule has 27 heavy (non-hydrogen) atoms. The molecule has 2 amide bonds. The van der Waals surface area contributed by atoms with Gasteiger partial charge in [-0.25, -0.2) is 9.78 Å². The van der Waals surface area contributed by atoms with Crippen LogP contribution in [-0.4, -0.2) is 48.6 Å². The number of rotatable bonds is 5. The molecule has 0 spiro atoms. The number of urea groups is 1. The number of carbonyl (C=O) groups excluding carboxylic acids is 1. The van der Waals surface area contributed by atoms with Gasteiger partial charge in [-0.15, -0.1) is 0 Å². The first-order valence-electron chi connectivity index (χ1n) is 9.40. The van der Waals surface area contributed by atoms with Gasteiger partial charge in [0.25, 0.3) is 0 Å². The maximum absolute atomic E-state index is 12.5. The molecule has 0 saturated carbocycles. The molecule has 2 heterocycles. The van der Waals surface area contributed by atoms with Gasteiger partial charge in [-0.1, -0.05) is 37.3 Å². The number of hydrogen-bond donors (Lipinski definition) is 1. The lowest BCUT2D eigenvalue weighted by Crippen LogP contribution is -2.52. The first-order chi connectivity index (χ1) is 13.2. The molecule has 1 aliphatic rings. The van der Waals surface area contributed by atoms with Gasteiger partial charge in [0.05, 0.1) is 5.56 Å². The lowest BCUT2D eigenvalue weighted by atomic mass is 9.97. The summed E-state index contributed by atoms with van der Waals surface area (Å²) in [7, 11) is 0. The van der Waals surface area contributed by atoms with Crippen molar-refractivity contribution < 1.29 is 4.79 Å². The molecule has 0 aliphatic carbocycles. The van der Waals surface area contributed by atoms with E-state index < -0.39 is 0 Å². The van der Waals surface area contributed by atoms with Crippen LogP contribution in [0.5, 0.6) is 0 Å². The minimum Gasteiger partial charge on any atom is -0.352 e. The van der Waals surface area contributed by atoms with E-state index >= 15 is 0 Å². The van der Waals surface area contributed by atoms with E-state index in [-0.39, 0.29) is 6.03 Å². The Morgan fingerprint density at radius 1 is 1.19 bits per heavy atom. The molecule has 1 aromatic heterocycles. The number of nitriles is 1. The van der Waals surface area contributed by atoms with E-state index in [0.717, 1.165) is 6.42 Å². The van der Waals surface area contributed by atoms with Gasteiger partial charge in [0.2, 0.25) is 0 Å². The molecule has 0 radical (unpaired) electrons. The smallest absolute Gasteiger partial charge is 0.317 e. The summed E-state index contributed by atoms with van der Waals surface area (Å²) in [4.78, 5) is 20.8. The van der Waals surface area contributed by atoms with Gasteiger partial charge in [0.1, 0.15) is 11.9 Å². The molecule has 1 atom stereocenters. The minimum absolute atomic E-state index is 0.0226. The molecule has 1 aromatic carbocycles. The maximum Gasteiger partial charge on any atom is 0.317 e. The third kappa shape index (κ3) is 4.56. The van der Waals surface area contributed by atoms with Crippen molar-refractivity contribution in [2.24, 2.45) is 0 Å². The quantitative estimate of drug-likeness (QED) is 0.886. The fourth-order valence-corrected chi connectivity index (χ4v) is 3.40. The Hall–Kier alpha value is -3.07. The van der Waals surface area contributed by atoms with Gasteiger partial charge in [0.15, 0.2) is 0 Å². The van der Waals surface area contributed by atoms with Gasteiger partial charge in [-0.2, -0.15) is 5.26 Å². The second-order valence-corrected chi connectivity index (χ2v) is 6.66. The molecule has 1 N–H and O–H groups in total. The molecular weight excluding hydrogens is 338 g/mol. The Bertz CT molecular complexity index is 794. The monoisotopic (exact) mass is 363 g/mol. The molecule has 3 rings (SSSR count). The van der Waals surface area contributed by atoms with Crippen LogP contribution in [0.1, 0.15) is 30.4 Å². The standard InChI is InChI=1S/C21H25N5O/c1-2-17(18-7-4-3-5-8-18)16-24-21(27)26-13-11-25(12-14-26)20-19(15-22)9-6-10-23-20/h3-10,17H,2,11-14,16H2,1H3,(H,24,27). The SMILES string of the molecule is CCC(CNC(=O)N1CCN(c2ncccc2C#N)CC1)c1ccccc1. The van der Waals surface area contributed by atoms with Gasteiger partial charge in [-0.3, -0.25) is 0 Å². The summed E-state index contributed by atoms with van der Waals surface area (Å²) in [6.45, 7) is 5.37. The number of nitrogens with zero attached hydrogens (tertiary/aromatic N) is 4. The molecule has 1 unspecified atom stereocenters. The highest BCUT2D eigenvalue weighted by molar-refractivity contribution is 5.74. The van der Waals surface area contributed by atoms with Crippen LogP contribution in [0.25, 0.3) is 0 Å². The summed E-state index contributed by atoms with van der Waals surface area (Å²) in [5, 5.41) is 12.3. The van der Waals surface area contributed by atoms with Crippen molar-refractivity contribution in [2.45, 2.75) is 19.3 Å². The van der Waals surface area contributed by atoms with Crippen LogP contribution >= 0.6 is 0 Å². The molecule has 2 aromatic rings. The fraction of sp³-hybridized carbons (Fsp3) is 0.381. The van der Waals surface area contributed by atoms with Crippen molar-refractivity contribution in [3.63, 3.8) is 0 Å². The normalized spacial score (nSPS) is 15.1. The lowest BCUT2D eigenvalue weighted by molar-refractivity contribution is 0.193. The highest BCUT2D eigenvalue weighted by Crippen LogP contribution is 2.19. The van der Waals surface area contributed by atoms with E-state index in [9.17, 15) is 10.1 Å². The van der Waals surface area contributed by atoms with Crippen LogP contribution in [0, 0.1) is 11.3 Å². The summed E-state index contributed by atoms with van der Waals surface area (Å²) in [5.41, 5.74) is 1.83. The third-order valence-electron chi connectivity index (χ3n) is 5.04. The maximum atomic E-state index is 12.5. The number of anilines is 1. The minimum atomic E-state index is -0.0226. The molecule has 6 heteroatoms. The van der Waals surface area contributed by atoms with E-state index in [1.165, 1.54) is 5.56 Å². The average Bonchev–Trinajstić information content (AvgIpc) is 2.75. The first-order valence-corrected chi connectivity index (χ1v) is 9.40. The number of amides is 2. The first kappa shape index (κ1) is 18.7. The molecule has 1 saturated heterocycles. The fourth-order valence-electron chi connectivity index (χ4n) is 3.40.